The Morgan fingerprint density at radius 1 is 1.43 bits per heavy atom. The maximum absolute atomic E-state index is 5.07. The van der Waals surface area contributed by atoms with Crippen LogP contribution in [0.3, 0.4) is 0 Å². The zero-order valence-corrected chi connectivity index (χ0v) is 9.59. The lowest BCUT2D eigenvalue weighted by atomic mass is 9.92. The van der Waals surface area contributed by atoms with Crippen LogP contribution >= 0.6 is 0 Å². The molecular formula is C12H23NO. The molecule has 0 aromatic heterocycles. The summed E-state index contributed by atoms with van der Waals surface area (Å²) >= 11 is 0. The normalized spacial score (nSPS) is 18.6. The fraction of sp³-hybridized carbons (Fsp3) is 0.833. The van der Waals surface area contributed by atoms with E-state index in [-0.39, 0.29) is 0 Å². The summed E-state index contributed by atoms with van der Waals surface area (Å²) in [5.74, 6) is 0.917. The zero-order valence-electron chi connectivity index (χ0n) is 9.59. The molecule has 0 unspecified atom stereocenters. The van der Waals surface area contributed by atoms with Gasteiger partial charge in [-0.15, -0.1) is 0 Å². The minimum atomic E-state index is 0.917. The molecular weight excluding hydrogens is 174 g/mol. The van der Waals surface area contributed by atoms with Gasteiger partial charge in [0.1, 0.15) is 0 Å². The van der Waals surface area contributed by atoms with Crippen LogP contribution in [-0.2, 0) is 4.74 Å². The van der Waals surface area contributed by atoms with E-state index in [0.29, 0.717) is 0 Å². The topological polar surface area (TPSA) is 12.5 Å². The highest BCUT2D eigenvalue weighted by molar-refractivity contribution is 4.91. The predicted octanol–water partition coefficient (Wildman–Crippen LogP) is 2.66. The minimum Gasteiger partial charge on any atom is -0.385 e. The van der Waals surface area contributed by atoms with Crippen molar-refractivity contribution in [3.63, 3.8) is 0 Å². The van der Waals surface area contributed by atoms with Crippen LogP contribution in [0.2, 0.25) is 0 Å². The summed E-state index contributed by atoms with van der Waals surface area (Å²) in [5.41, 5.74) is 1.22. The Kier molecular flexibility index (Phi) is 5.02. The second-order valence-corrected chi connectivity index (χ2v) is 4.30. The second kappa shape index (κ2) is 6.07. The Morgan fingerprint density at radius 3 is 2.57 bits per heavy atom. The van der Waals surface area contributed by atoms with E-state index in [0.717, 1.165) is 12.5 Å². The summed E-state index contributed by atoms with van der Waals surface area (Å²) in [7, 11) is 1.78. The van der Waals surface area contributed by atoms with Crippen molar-refractivity contribution in [3.05, 3.63) is 12.3 Å². The first-order valence-corrected chi connectivity index (χ1v) is 5.63. The summed E-state index contributed by atoms with van der Waals surface area (Å²) in [4.78, 5) is 2.40. The third kappa shape index (κ3) is 3.70. The molecule has 2 heteroatoms. The van der Waals surface area contributed by atoms with Gasteiger partial charge in [0.2, 0.25) is 0 Å². The highest BCUT2D eigenvalue weighted by Gasteiger charge is 2.17. The lowest BCUT2D eigenvalue weighted by molar-refractivity contribution is 0.170. The van der Waals surface area contributed by atoms with E-state index in [1.165, 1.54) is 44.5 Å². The van der Waals surface area contributed by atoms with Gasteiger partial charge in [0.15, 0.2) is 0 Å². The molecule has 2 nitrogen and oxygen atoms in total. The minimum absolute atomic E-state index is 0.917. The van der Waals surface area contributed by atoms with Crippen molar-refractivity contribution in [3.8, 4) is 0 Å². The smallest absolute Gasteiger partial charge is 0.0462 e. The standard InChI is InChI=1S/C12H23NO/c1-11(2)13-8-6-12(7-9-13)5-4-10-14-3/h12H,1,4-10H2,2-3H3. The molecule has 1 heterocycles. The van der Waals surface area contributed by atoms with Gasteiger partial charge in [0, 0.05) is 32.5 Å². The van der Waals surface area contributed by atoms with E-state index in [2.05, 4.69) is 18.4 Å². The van der Waals surface area contributed by atoms with Crippen molar-refractivity contribution >= 4 is 0 Å². The van der Waals surface area contributed by atoms with E-state index in [1.807, 2.05) is 0 Å². The molecule has 1 rings (SSSR count). The number of allylic oxidation sites excluding steroid dienone is 1. The van der Waals surface area contributed by atoms with Crippen LogP contribution in [-0.4, -0.2) is 31.7 Å². The van der Waals surface area contributed by atoms with Gasteiger partial charge in [-0.05, 0) is 38.5 Å². The molecule has 0 N–H and O–H groups in total. The average Bonchev–Trinajstić information content (AvgIpc) is 2.19. The Bertz CT molecular complexity index is 171. The molecule has 0 aromatic rings. The lowest BCUT2D eigenvalue weighted by Gasteiger charge is -2.33. The van der Waals surface area contributed by atoms with Gasteiger partial charge in [-0.3, -0.25) is 0 Å². The summed E-state index contributed by atoms with van der Waals surface area (Å²) in [6.45, 7) is 9.41. The number of ether oxygens (including phenoxy) is 1. The quantitative estimate of drug-likeness (QED) is 0.628. The van der Waals surface area contributed by atoms with Crippen LogP contribution in [0.1, 0.15) is 32.6 Å². The molecule has 0 aromatic carbocycles. The van der Waals surface area contributed by atoms with Gasteiger partial charge in [-0.25, -0.2) is 0 Å². The SMILES string of the molecule is C=C(C)N1CCC(CCCOC)CC1. The number of hydrogen-bond donors (Lipinski definition) is 0. The van der Waals surface area contributed by atoms with E-state index < -0.39 is 0 Å². The molecule has 0 bridgehead atoms. The summed E-state index contributed by atoms with van der Waals surface area (Å²) in [5, 5.41) is 0. The molecule has 1 aliphatic rings. The summed E-state index contributed by atoms with van der Waals surface area (Å²) < 4.78 is 5.07. The molecule has 0 radical (unpaired) electrons. The fourth-order valence-corrected chi connectivity index (χ4v) is 2.12. The number of likely N-dealkylation sites (tertiary alicyclic amines) is 1. The van der Waals surface area contributed by atoms with Crippen LogP contribution in [0, 0.1) is 5.92 Å². The first-order chi connectivity index (χ1) is 6.74. The summed E-state index contributed by atoms with van der Waals surface area (Å²) in [6.07, 6.45) is 5.21. The Hall–Kier alpha value is -0.500. The van der Waals surface area contributed by atoms with Crippen molar-refractivity contribution < 1.29 is 4.74 Å². The highest BCUT2D eigenvalue weighted by atomic mass is 16.5. The van der Waals surface area contributed by atoms with E-state index >= 15 is 0 Å². The Morgan fingerprint density at radius 2 is 2.07 bits per heavy atom. The molecule has 0 aliphatic carbocycles. The van der Waals surface area contributed by atoms with Crippen LogP contribution in [0.15, 0.2) is 12.3 Å². The Labute approximate surface area is 87.9 Å². The molecule has 1 fully saturated rings. The third-order valence-electron chi connectivity index (χ3n) is 3.12. The monoisotopic (exact) mass is 197 g/mol. The largest absolute Gasteiger partial charge is 0.385 e. The number of nitrogens with zero attached hydrogens (tertiary/aromatic N) is 1. The third-order valence-corrected chi connectivity index (χ3v) is 3.12. The van der Waals surface area contributed by atoms with Gasteiger partial charge in [-0.1, -0.05) is 6.58 Å². The van der Waals surface area contributed by atoms with Crippen molar-refractivity contribution in [1.29, 1.82) is 0 Å². The molecule has 0 amide bonds. The molecule has 0 atom stereocenters. The van der Waals surface area contributed by atoms with Gasteiger partial charge in [-0.2, -0.15) is 0 Å². The van der Waals surface area contributed by atoms with Crippen LogP contribution in [0.5, 0.6) is 0 Å². The van der Waals surface area contributed by atoms with Crippen LogP contribution in [0.4, 0.5) is 0 Å². The maximum Gasteiger partial charge on any atom is 0.0462 e. The van der Waals surface area contributed by atoms with E-state index in [1.54, 1.807) is 7.11 Å². The molecule has 82 valence electrons. The fourth-order valence-electron chi connectivity index (χ4n) is 2.12. The van der Waals surface area contributed by atoms with Crippen molar-refractivity contribution in [2.24, 2.45) is 5.92 Å². The average molecular weight is 197 g/mol. The molecule has 0 saturated carbocycles. The number of methoxy groups -OCH3 is 1. The summed E-state index contributed by atoms with van der Waals surface area (Å²) in [6, 6.07) is 0. The number of hydrogen-bond acceptors (Lipinski definition) is 2. The number of piperidine rings is 1. The lowest BCUT2D eigenvalue weighted by Crippen LogP contribution is -2.32. The van der Waals surface area contributed by atoms with E-state index in [4.69, 9.17) is 4.74 Å². The van der Waals surface area contributed by atoms with Gasteiger partial charge >= 0.3 is 0 Å². The van der Waals surface area contributed by atoms with Crippen LogP contribution < -0.4 is 0 Å². The molecule has 1 saturated heterocycles. The van der Waals surface area contributed by atoms with Crippen molar-refractivity contribution in [2.45, 2.75) is 32.6 Å². The maximum atomic E-state index is 5.07. The van der Waals surface area contributed by atoms with Gasteiger partial charge in [0.05, 0.1) is 0 Å². The molecule has 14 heavy (non-hydrogen) atoms. The van der Waals surface area contributed by atoms with Crippen molar-refractivity contribution in [2.75, 3.05) is 26.8 Å². The molecule has 0 spiro atoms. The second-order valence-electron chi connectivity index (χ2n) is 4.30. The zero-order chi connectivity index (χ0) is 10.4. The van der Waals surface area contributed by atoms with Gasteiger partial charge < -0.3 is 9.64 Å². The van der Waals surface area contributed by atoms with E-state index in [9.17, 15) is 0 Å². The van der Waals surface area contributed by atoms with Crippen molar-refractivity contribution in [1.82, 2.24) is 4.90 Å². The van der Waals surface area contributed by atoms with Gasteiger partial charge in [0.25, 0.3) is 0 Å². The predicted molar refractivity (Wildman–Crippen MR) is 60.2 cm³/mol. The molecule has 1 aliphatic heterocycles. The van der Waals surface area contributed by atoms with Crippen LogP contribution in [0.25, 0.3) is 0 Å². The first-order valence-electron chi connectivity index (χ1n) is 5.63. The first kappa shape index (κ1) is 11.6. The highest BCUT2D eigenvalue weighted by Crippen LogP contribution is 2.23. The Balaban J connectivity index is 2.12. The number of rotatable bonds is 5.